The van der Waals surface area contributed by atoms with E-state index >= 15 is 0 Å². The summed E-state index contributed by atoms with van der Waals surface area (Å²) in [6.07, 6.45) is 2.33. The Labute approximate surface area is 64.1 Å². The molecule has 0 radical (unpaired) electrons. The third-order valence-corrected chi connectivity index (χ3v) is 1.23. The lowest BCUT2D eigenvalue weighted by Gasteiger charge is -1.99. The van der Waals surface area contributed by atoms with Crippen LogP contribution in [0, 0.1) is 0 Å². The highest BCUT2D eigenvalue weighted by atomic mass is 16.4. The molecule has 0 saturated carbocycles. The minimum atomic E-state index is 0.497. The molecule has 1 rings (SSSR count). The SMILES string of the molecule is CCC(=NO)Nc1cc[nH]n1. The summed E-state index contributed by atoms with van der Waals surface area (Å²) in [6.45, 7) is 1.88. The minimum Gasteiger partial charge on any atom is -0.409 e. The molecule has 0 spiro atoms. The first-order valence-electron chi connectivity index (χ1n) is 3.34. The van der Waals surface area contributed by atoms with Crippen molar-refractivity contribution in [1.29, 1.82) is 0 Å². The predicted molar refractivity (Wildman–Crippen MR) is 41.7 cm³/mol. The molecule has 0 bridgehead atoms. The van der Waals surface area contributed by atoms with Gasteiger partial charge in [-0.2, -0.15) is 5.10 Å². The van der Waals surface area contributed by atoms with E-state index in [1.54, 1.807) is 12.3 Å². The lowest BCUT2D eigenvalue weighted by atomic mass is 10.4. The number of rotatable bonds is 2. The molecule has 60 valence electrons. The van der Waals surface area contributed by atoms with E-state index in [1.165, 1.54) is 0 Å². The number of nitrogens with zero attached hydrogens (tertiary/aromatic N) is 2. The molecular formula is C6H10N4O. The highest BCUT2D eigenvalue weighted by Crippen LogP contribution is 1.99. The molecule has 11 heavy (non-hydrogen) atoms. The molecule has 0 fully saturated rings. The summed E-state index contributed by atoms with van der Waals surface area (Å²) in [5.41, 5.74) is 0. The van der Waals surface area contributed by atoms with Crippen LogP contribution >= 0.6 is 0 Å². The van der Waals surface area contributed by atoms with Crippen molar-refractivity contribution in [2.45, 2.75) is 13.3 Å². The van der Waals surface area contributed by atoms with E-state index in [-0.39, 0.29) is 0 Å². The maximum atomic E-state index is 8.41. The molecule has 0 aromatic carbocycles. The number of H-pyrrole nitrogens is 1. The second-order valence-electron chi connectivity index (χ2n) is 1.98. The number of hydrogen-bond donors (Lipinski definition) is 3. The van der Waals surface area contributed by atoms with Crippen molar-refractivity contribution >= 4 is 11.7 Å². The van der Waals surface area contributed by atoms with Crippen molar-refractivity contribution in [2.24, 2.45) is 5.16 Å². The number of aromatic nitrogens is 2. The topological polar surface area (TPSA) is 73.3 Å². The third kappa shape index (κ3) is 1.96. The van der Waals surface area contributed by atoms with Crippen molar-refractivity contribution in [3.63, 3.8) is 0 Å². The molecular weight excluding hydrogens is 144 g/mol. The van der Waals surface area contributed by atoms with Crippen molar-refractivity contribution in [3.05, 3.63) is 12.3 Å². The Morgan fingerprint density at radius 1 is 1.91 bits per heavy atom. The maximum absolute atomic E-state index is 8.41. The van der Waals surface area contributed by atoms with Gasteiger partial charge in [0, 0.05) is 18.7 Å². The zero-order valence-electron chi connectivity index (χ0n) is 6.20. The van der Waals surface area contributed by atoms with Gasteiger partial charge in [0.15, 0.2) is 5.82 Å². The van der Waals surface area contributed by atoms with Gasteiger partial charge in [-0.05, 0) is 0 Å². The van der Waals surface area contributed by atoms with E-state index < -0.39 is 0 Å². The summed E-state index contributed by atoms with van der Waals surface area (Å²) < 4.78 is 0. The van der Waals surface area contributed by atoms with Crippen molar-refractivity contribution in [3.8, 4) is 0 Å². The fraction of sp³-hybridized carbons (Fsp3) is 0.333. The van der Waals surface area contributed by atoms with E-state index in [0.717, 1.165) is 0 Å². The molecule has 1 aromatic rings. The summed E-state index contributed by atoms with van der Waals surface area (Å²) in [6, 6.07) is 1.75. The highest BCUT2D eigenvalue weighted by molar-refractivity contribution is 5.93. The molecule has 0 aliphatic rings. The quantitative estimate of drug-likeness (QED) is 0.258. The molecule has 5 nitrogen and oxygen atoms in total. The Morgan fingerprint density at radius 2 is 2.73 bits per heavy atom. The van der Waals surface area contributed by atoms with Crippen LogP contribution in [0.3, 0.4) is 0 Å². The number of aromatic amines is 1. The molecule has 0 amide bonds. The number of anilines is 1. The lowest BCUT2D eigenvalue weighted by Crippen LogP contribution is -2.10. The van der Waals surface area contributed by atoms with E-state index in [2.05, 4.69) is 20.7 Å². The summed E-state index contributed by atoms with van der Waals surface area (Å²) in [5.74, 6) is 1.15. The largest absolute Gasteiger partial charge is 0.409 e. The molecule has 1 aromatic heterocycles. The first-order chi connectivity index (χ1) is 5.36. The fourth-order valence-corrected chi connectivity index (χ4v) is 0.662. The number of amidine groups is 1. The van der Waals surface area contributed by atoms with Crippen molar-refractivity contribution < 1.29 is 5.21 Å². The average molecular weight is 154 g/mol. The molecule has 0 aliphatic carbocycles. The Hall–Kier alpha value is -1.52. The van der Waals surface area contributed by atoms with Crippen LogP contribution in [0.15, 0.2) is 17.4 Å². The van der Waals surface area contributed by atoms with E-state index in [1.807, 2.05) is 6.92 Å². The van der Waals surface area contributed by atoms with Crippen LogP contribution in [0.2, 0.25) is 0 Å². The Morgan fingerprint density at radius 3 is 3.18 bits per heavy atom. The average Bonchev–Trinajstić information content (AvgIpc) is 2.52. The zero-order chi connectivity index (χ0) is 8.10. The molecule has 5 heteroatoms. The maximum Gasteiger partial charge on any atom is 0.153 e. The normalized spacial score (nSPS) is 11.5. The van der Waals surface area contributed by atoms with Gasteiger partial charge in [0.25, 0.3) is 0 Å². The van der Waals surface area contributed by atoms with Crippen LogP contribution in [0.25, 0.3) is 0 Å². The van der Waals surface area contributed by atoms with Crippen LogP contribution in [-0.4, -0.2) is 21.2 Å². The van der Waals surface area contributed by atoms with Gasteiger partial charge in [0.1, 0.15) is 5.84 Å². The van der Waals surface area contributed by atoms with Gasteiger partial charge >= 0.3 is 0 Å². The smallest absolute Gasteiger partial charge is 0.153 e. The zero-order valence-corrected chi connectivity index (χ0v) is 6.20. The molecule has 1 heterocycles. The summed E-state index contributed by atoms with van der Waals surface area (Å²) >= 11 is 0. The number of nitrogens with one attached hydrogen (secondary N) is 2. The summed E-state index contributed by atoms with van der Waals surface area (Å²) in [5, 5.41) is 20.7. The second kappa shape index (κ2) is 3.60. The van der Waals surface area contributed by atoms with Crippen LogP contribution in [0.4, 0.5) is 5.82 Å². The Bertz CT molecular complexity index is 229. The Kier molecular flexibility index (Phi) is 2.48. The number of oxime groups is 1. The van der Waals surface area contributed by atoms with E-state index in [0.29, 0.717) is 18.1 Å². The molecule has 0 unspecified atom stereocenters. The second-order valence-corrected chi connectivity index (χ2v) is 1.98. The van der Waals surface area contributed by atoms with Crippen LogP contribution < -0.4 is 5.32 Å². The number of hydrogen-bond acceptors (Lipinski definition) is 3. The van der Waals surface area contributed by atoms with E-state index in [4.69, 9.17) is 5.21 Å². The van der Waals surface area contributed by atoms with Crippen LogP contribution in [-0.2, 0) is 0 Å². The van der Waals surface area contributed by atoms with Crippen LogP contribution in [0.1, 0.15) is 13.3 Å². The summed E-state index contributed by atoms with van der Waals surface area (Å²) in [7, 11) is 0. The van der Waals surface area contributed by atoms with Crippen molar-refractivity contribution in [1.82, 2.24) is 10.2 Å². The van der Waals surface area contributed by atoms with Gasteiger partial charge in [-0.1, -0.05) is 12.1 Å². The van der Waals surface area contributed by atoms with Gasteiger partial charge in [-0.15, -0.1) is 0 Å². The highest BCUT2D eigenvalue weighted by Gasteiger charge is 1.97. The summed E-state index contributed by atoms with van der Waals surface area (Å²) in [4.78, 5) is 0. The van der Waals surface area contributed by atoms with Gasteiger partial charge in [-0.25, -0.2) is 0 Å². The Balaban J connectivity index is 2.55. The molecule has 0 saturated heterocycles. The van der Waals surface area contributed by atoms with Gasteiger partial charge in [0.05, 0.1) is 0 Å². The third-order valence-electron chi connectivity index (χ3n) is 1.23. The molecule has 0 atom stereocenters. The lowest BCUT2D eigenvalue weighted by molar-refractivity contribution is 0.318. The molecule has 3 N–H and O–H groups in total. The van der Waals surface area contributed by atoms with Gasteiger partial charge in [0.2, 0.25) is 0 Å². The van der Waals surface area contributed by atoms with E-state index in [9.17, 15) is 0 Å². The van der Waals surface area contributed by atoms with Gasteiger partial charge < -0.3 is 10.5 Å². The molecule has 0 aliphatic heterocycles. The fourth-order valence-electron chi connectivity index (χ4n) is 0.662. The first-order valence-corrected chi connectivity index (χ1v) is 3.34. The first kappa shape index (κ1) is 7.59. The monoisotopic (exact) mass is 154 g/mol. The van der Waals surface area contributed by atoms with Crippen molar-refractivity contribution in [2.75, 3.05) is 5.32 Å². The van der Waals surface area contributed by atoms with Gasteiger partial charge in [-0.3, -0.25) is 5.10 Å². The van der Waals surface area contributed by atoms with Crippen LogP contribution in [0.5, 0.6) is 0 Å². The predicted octanol–water partition coefficient (Wildman–Crippen LogP) is 1.02. The minimum absolute atomic E-state index is 0.497. The standard InChI is InChI=1S/C6H10N4O/c1-2-5(10-11)8-6-3-4-7-9-6/h3-4,11H,2H2,1H3,(H2,7,8,9,10).